The zero-order valence-electron chi connectivity index (χ0n) is 6.40. The van der Waals surface area contributed by atoms with Gasteiger partial charge in [0.1, 0.15) is 21.0 Å². The largest absolute Gasteiger partial charge is 0.478 e. The van der Waals surface area contributed by atoms with Crippen molar-refractivity contribution < 1.29 is 18.8 Å². The van der Waals surface area contributed by atoms with Crippen molar-refractivity contribution in [3.05, 3.63) is 12.2 Å². The van der Waals surface area contributed by atoms with Crippen molar-refractivity contribution in [3.63, 3.8) is 0 Å². The first-order valence-electron chi connectivity index (χ1n) is 2.65. The van der Waals surface area contributed by atoms with Crippen molar-refractivity contribution in [2.24, 2.45) is 5.73 Å². The van der Waals surface area contributed by atoms with E-state index in [2.05, 4.69) is 9.85 Å². The maximum atomic E-state index is 9.78. The summed E-state index contributed by atoms with van der Waals surface area (Å²) in [5, 5.41) is 7.87. The van der Waals surface area contributed by atoms with Crippen LogP contribution in [0.15, 0.2) is 12.2 Å². The molecule has 0 spiro atoms. The Bertz CT molecular complexity index is 142. The molecule has 11 heavy (non-hydrogen) atoms. The topological polar surface area (TPSA) is 89.6 Å². The van der Waals surface area contributed by atoms with E-state index in [9.17, 15) is 9.59 Å². The first kappa shape index (κ1) is 12.7. The number of carbonyl (C=O) groups excluding carboxylic acids is 1. The SMILES string of the molecule is NC(=O)/C=C\C(=O)O.[SiH3]O[SiH3]. The predicted molar refractivity (Wildman–Crippen MR) is 46.9 cm³/mol. The molecular weight excluding hydrogens is 182 g/mol. The molecule has 5 nitrogen and oxygen atoms in total. The number of rotatable bonds is 2. The van der Waals surface area contributed by atoms with E-state index in [4.69, 9.17) is 5.11 Å². The molecule has 0 aliphatic carbocycles. The molecule has 0 fully saturated rings. The Labute approximate surface area is 70.3 Å². The van der Waals surface area contributed by atoms with Crippen molar-refractivity contribution in [2.75, 3.05) is 0 Å². The molecule has 1 amide bonds. The monoisotopic (exact) mass is 193 g/mol. The lowest BCUT2D eigenvalue weighted by Crippen LogP contribution is -2.06. The average Bonchev–Trinajstić information content (AvgIpc) is 1.85. The Morgan fingerprint density at radius 1 is 1.36 bits per heavy atom. The van der Waals surface area contributed by atoms with E-state index in [0.717, 1.165) is 27.0 Å². The van der Waals surface area contributed by atoms with Crippen molar-refractivity contribution in [1.82, 2.24) is 0 Å². The van der Waals surface area contributed by atoms with E-state index in [0.29, 0.717) is 6.08 Å². The number of nitrogens with two attached hydrogens (primary N) is 1. The van der Waals surface area contributed by atoms with E-state index in [1.165, 1.54) is 0 Å². The molecule has 0 radical (unpaired) electrons. The lowest BCUT2D eigenvalue weighted by Gasteiger charge is -1.75. The van der Waals surface area contributed by atoms with Crippen LogP contribution in [0.1, 0.15) is 0 Å². The lowest BCUT2D eigenvalue weighted by molar-refractivity contribution is -0.131. The number of carboxylic acids is 1. The van der Waals surface area contributed by atoms with Gasteiger partial charge in [0, 0.05) is 12.2 Å². The van der Waals surface area contributed by atoms with E-state index in [1.807, 2.05) is 0 Å². The number of aliphatic carboxylic acids is 1. The summed E-state index contributed by atoms with van der Waals surface area (Å²) in [5.74, 6) is -1.93. The van der Waals surface area contributed by atoms with Gasteiger partial charge in [0.15, 0.2) is 0 Å². The molecule has 0 bridgehead atoms. The highest BCUT2D eigenvalue weighted by Crippen LogP contribution is 1.68. The second kappa shape index (κ2) is 9.07. The van der Waals surface area contributed by atoms with Crippen molar-refractivity contribution in [3.8, 4) is 0 Å². The van der Waals surface area contributed by atoms with Crippen LogP contribution in [-0.2, 0) is 13.7 Å². The molecule has 0 heterocycles. The summed E-state index contributed by atoms with van der Waals surface area (Å²) in [6, 6.07) is 0. The minimum absolute atomic E-state index is 0.683. The third kappa shape index (κ3) is 27.4. The number of amides is 1. The molecule has 0 aliphatic rings. The van der Waals surface area contributed by atoms with Gasteiger partial charge in [-0.1, -0.05) is 0 Å². The molecule has 0 rings (SSSR count). The quantitative estimate of drug-likeness (QED) is 0.355. The molecule has 0 aliphatic heterocycles. The van der Waals surface area contributed by atoms with Gasteiger partial charge in [-0.2, -0.15) is 0 Å². The first-order valence-corrected chi connectivity index (χ1v) is 4.28. The van der Waals surface area contributed by atoms with E-state index in [1.54, 1.807) is 0 Å². The smallest absolute Gasteiger partial charge is 0.328 e. The van der Waals surface area contributed by atoms with Crippen LogP contribution >= 0.6 is 0 Å². The Hall–Kier alpha value is -0.926. The fourth-order valence-electron chi connectivity index (χ4n) is 0.153. The molecule has 0 aromatic rings. The Morgan fingerprint density at radius 2 is 1.73 bits per heavy atom. The Balaban J connectivity index is 0. The average molecular weight is 193 g/mol. The lowest BCUT2D eigenvalue weighted by atomic mass is 10.5. The summed E-state index contributed by atoms with van der Waals surface area (Å²) in [6.45, 7) is 0. The highest BCUT2D eigenvalue weighted by molar-refractivity contribution is 6.15. The fraction of sp³-hybridized carbons (Fsp3) is 0. The third-order valence-corrected chi connectivity index (χ3v) is 0.390. The summed E-state index contributed by atoms with van der Waals surface area (Å²) in [7, 11) is 1.86. The zero-order chi connectivity index (χ0) is 9.28. The van der Waals surface area contributed by atoms with Gasteiger partial charge in [0.05, 0.1) is 0 Å². The maximum absolute atomic E-state index is 9.78. The van der Waals surface area contributed by atoms with Crippen LogP contribution in [0.4, 0.5) is 0 Å². The molecule has 7 heteroatoms. The minimum atomic E-state index is -1.18. The summed E-state index contributed by atoms with van der Waals surface area (Å²) in [6.07, 6.45) is 1.46. The van der Waals surface area contributed by atoms with Crippen LogP contribution in [0, 0.1) is 0 Å². The molecule has 64 valence electrons. The van der Waals surface area contributed by atoms with Crippen LogP contribution in [0.3, 0.4) is 0 Å². The number of hydrogen-bond acceptors (Lipinski definition) is 3. The number of carbonyl (C=O) groups is 2. The van der Waals surface area contributed by atoms with Gasteiger partial charge >= 0.3 is 5.97 Å². The predicted octanol–water partition coefficient (Wildman–Crippen LogP) is -3.32. The normalized spacial score (nSPS) is 9.09. The second-order valence-corrected chi connectivity index (χ2v) is 4.75. The molecule has 0 unspecified atom stereocenters. The Morgan fingerprint density at radius 3 is 1.82 bits per heavy atom. The Kier molecular flexibility index (Phi) is 10.5. The van der Waals surface area contributed by atoms with Gasteiger partial charge in [-0.15, -0.1) is 0 Å². The molecule has 0 aromatic heterocycles. The van der Waals surface area contributed by atoms with Gasteiger partial charge in [-0.25, -0.2) is 4.79 Å². The number of carboxylic acid groups (broad SMARTS) is 1. The van der Waals surface area contributed by atoms with Gasteiger partial charge in [-0.3, -0.25) is 4.79 Å². The molecule has 3 N–H and O–H groups in total. The van der Waals surface area contributed by atoms with E-state index in [-0.39, 0.29) is 0 Å². The minimum Gasteiger partial charge on any atom is -0.478 e. The third-order valence-electron chi connectivity index (χ3n) is 0.390. The van der Waals surface area contributed by atoms with E-state index < -0.39 is 11.9 Å². The van der Waals surface area contributed by atoms with Gasteiger partial charge in [0.25, 0.3) is 0 Å². The standard InChI is InChI=1S/C4H5NO3.H6OSi2/c5-3(6)1-2-4(7)8;2-1-3/h1-2H,(H2,5,6)(H,7,8);2-3H3/b2-1-;. The van der Waals surface area contributed by atoms with Crippen LogP contribution in [0.5, 0.6) is 0 Å². The van der Waals surface area contributed by atoms with Gasteiger partial charge in [0.2, 0.25) is 5.91 Å². The van der Waals surface area contributed by atoms with Crippen LogP contribution in [0.25, 0.3) is 0 Å². The summed E-state index contributed by atoms with van der Waals surface area (Å²) in [5.41, 5.74) is 4.55. The zero-order valence-corrected chi connectivity index (χ0v) is 10.4. The highest BCUT2D eigenvalue weighted by atomic mass is 28.3. The number of primary amides is 1. The van der Waals surface area contributed by atoms with Crippen molar-refractivity contribution in [1.29, 1.82) is 0 Å². The van der Waals surface area contributed by atoms with E-state index >= 15 is 0 Å². The molecule has 0 aromatic carbocycles. The number of hydrogen-bond donors (Lipinski definition) is 2. The first-order chi connectivity index (χ1) is 5.04. The summed E-state index contributed by atoms with van der Waals surface area (Å²) in [4.78, 5) is 19.4. The van der Waals surface area contributed by atoms with Gasteiger partial charge in [-0.05, 0) is 0 Å². The highest BCUT2D eigenvalue weighted by Gasteiger charge is 1.86. The molecular formula is C4H11NO4Si2. The van der Waals surface area contributed by atoms with Crippen LogP contribution < -0.4 is 5.73 Å². The summed E-state index contributed by atoms with van der Waals surface area (Å²) >= 11 is 0. The van der Waals surface area contributed by atoms with Crippen molar-refractivity contribution in [2.45, 2.75) is 0 Å². The fourth-order valence-corrected chi connectivity index (χ4v) is 0.153. The summed E-state index contributed by atoms with van der Waals surface area (Å²) < 4.78 is 4.53. The molecule has 0 saturated carbocycles. The van der Waals surface area contributed by atoms with Gasteiger partial charge < -0.3 is 15.0 Å². The van der Waals surface area contributed by atoms with Crippen LogP contribution in [0.2, 0.25) is 0 Å². The maximum Gasteiger partial charge on any atom is 0.328 e. The molecule has 0 atom stereocenters. The molecule has 0 saturated heterocycles. The second-order valence-electron chi connectivity index (χ2n) is 1.48. The van der Waals surface area contributed by atoms with Crippen molar-refractivity contribution >= 4 is 32.8 Å². The van der Waals surface area contributed by atoms with Crippen LogP contribution in [-0.4, -0.2) is 38.0 Å².